The summed E-state index contributed by atoms with van der Waals surface area (Å²) in [7, 11) is 0. The number of aliphatic hydroxyl groups excluding tert-OH is 1. The summed E-state index contributed by atoms with van der Waals surface area (Å²) in [5.74, 6) is 3.03. The van der Waals surface area contributed by atoms with Crippen LogP contribution < -0.4 is 0 Å². The monoisotopic (exact) mass is 302 g/mol. The van der Waals surface area contributed by atoms with Crippen LogP contribution in [0, 0.1) is 34.5 Å². The molecule has 0 saturated heterocycles. The average Bonchev–Trinajstić information content (AvgIpc) is 2.81. The Balaban J connectivity index is 1.66. The molecule has 0 amide bonds. The Morgan fingerprint density at radius 3 is 2.64 bits per heavy atom. The van der Waals surface area contributed by atoms with Crippen LogP contribution >= 0.6 is 0 Å². The fourth-order valence-corrected chi connectivity index (χ4v) is 7.07. The predicted octanol–water partition coefficient (Wildman–Crippen LogP) is 4.13. The second-order valence-electron chi connectivity index (χ2n) is 9.10. The Hall–Kier alpha value is -0.630. The second kappa shape index (κ2) is 4.93. The molecule has 3 fully saturated rings. The average molecular weight is 302 g/mol. The smallest absolute Gasteiger partial charge is 0.145 e. The number of hydrogen-bond acceptors (Lipinski definition) is 2. The number of allylic oxidation sites excluding steroid dienone is 2. The summed E-state index contributed by atoms with van der Waals surface area (Å²) in [5, 5.41) is 10.5. The minimum Gasteiger partial charge on any atom is -0.393 e. The van der Waals surface area contributed by atoms with Crippen LogP contribution in [0.1, 0.15) is 65.2 Å². The molecule has 0 heterocycles. The fourth-order valence-electron chi connectivity index (χ4n) is 7.07. The largest absolute Gasteiger partial charge is 0.393 e. The van der Waals surface area contributed by atoms with Crippen LogP contribution in [0.5, 0.6) is 0 Å². The SMILES string of the molecule is C[C@]12CC(C=O)=CC[C@@H]1CC[C@@H]1[C@@H]2CC[C@]2(C)[C@H](O)CC[C@@H]12. The van der Waals surface area contributed by atoms with E-state index in [1.165, 1.54) is 32.1 Å². The Morgan fingerprint density at radius 2 is 1.86 bits per heavy atom. The number of carbonyl (C=O) groups is 1. The highest BCUT2D eigenvalue weighted by atomic mass is 16.3. The van der Waals surface area contributed by atoms with Gasteiger partial charge in [-0.3, -0.25) is 4.79 Å². The number of hydrogen-bond donors (Lipinski definition) is 1. The van der Waals surface area contributed by atoms with Gasteiger partial charge < -0.3 is 5.11 Å². The lowest BCUT2D eigenvalue weighted by molar-refractivity contribution is -0.115. The van der Waals surface area contributed by atoms with Crippen molar-refractivity contribution in [3.05, 3.63) is 11.6 Å². The zero-order valence-corrected chi connectivity index (χ0v) is 14.1. The molecule has 0 aromatic carbocycles. The van der Waals surface area contributed by atoms with E-state index >= 15 is 0 Å². The quantitative estimate of drug-likeness (QED) is 0.740. The summed E-state index contributed by atoms with van der Waals surface area (Å²) in [6.07, 6.45) is 12.7. The molecule has 4 aliphatic carbocycles. The lowest BCUT2D eigenvalue weighted by Crippen LogP contribution is -2.53. The normalized spacial score (nSPS) is 54.0. The first-order chi connectivity index (χ1) is 10.5. The van der Waals surface area contributed by atoms with Crippen molar-refractivity contribution < 1.29 is 9.90 Å². The Morgan fingerprint density at radius 1 is 1.09 bits per heavy atom. The lowest BCUT2D eigenvalue weighted by atomic mass is 9.45. The van der Waals surface area contributed by atoms with Crippen molar-refractivity contribution in [3.8, 4) is 0 Å². The molecular weight excluding hydrogens is 272 g/mol. The summed E-state index contributed by atoms with van der Waals surface area (Å²) < 4.78 is 0. The van der Waals surface area contributed by atoms with Gasteiger partial charge in [-0.05, 0) is 91.4 Å². The summed E-state index contributed by atoms with van der Waals surface area (Å²) in [6.45, 7) is 4.82. The molecule has 7 atom stereocenters. The second-order valence-corrected chi connectivity index (χ2v) is 9.10. The first-order valence-corrected chi connectivity index (χ1v) is 9.31. The van der Waals surface area contributed by atoms with Crippen LogP contribution in [-0.2, 0) is 4.79 Å². The molecule has 4 aliphatic rings. The minimum atomic E-state index is -0.0826. The highest BCUT2D eigenvalue weighted by Crippen LogP contribution is 2.65. The molecule has 0 aromatic heterocycles. The Bertz CT molecular complexity index is 510. The van der Waals surface area contributed by atoms with Gasteiger partial charge in [0.2, 0.25) is 0 Å². The van der Waals surface area contributed by atoms with Crippen molar-refractivity contribution in [2.75, 3.05) is 0 Å². The molecule has 22 heavy (non-hydrogen) atoms. The number of fused-ring (bicyclic) bond motifs is 5. The van der Waals surface area contributed by atoms with Gasteiger partial charge in [0.05, 0.1) is 6.10 Å². The first-order valence-electron chi connectivity index (χ1n) is 9.31. The van der Waals surface area contributed by atoms with Crippen molar-refractivity contribution in [2.45, 2.75) is 71.3 Å². The van der Waals surface area contributed by atoms with Gasteiger partial charge in [-0.25, -0.2) is 0 Å². The summed E-state index contributed by atoms with van der Waals surface area (Å²) in [6, 6.07) is 0. The molecular formula is C20H30O2. The van der Waals surface area contributed by atoms with E-state index in [1.807, 2.05) is 0 Å². The van der Waals surface area contributed by atoms with Crippen LogP contribution in [0.4, 0.5) is 0 Å². The van der Waals surface area contributed by atoms with E-state index in [9.17, 15) is 9.90 Å². The van der Waals surface area contributed by atoms with Crippen LogP contribution in [0.2, 0.25) is 0 Å². The van der Waals surface area contributed by atoms with Gasteiger partial charge in [-0.2, -0.15) is 0 Å². The van der Waals surface area contributed by atoms with Crippen molar-refractivity contribution in [2.24, 2.45) is 34.5 Å². The molecule has 0 spiro atoms. The summed E-state index contributed by atoms with van der Waals surface area (Å²) in [5.41, 5.74) is 1.53. The van der Waals surface area contributed by atoms with Crippen LogP contribution in [0.3, 0.4) is 0 Å². The number of rotatable bonds is 1. The van der Waals surface area contributed by atoms with Gasteiger partial charge >= 0.3 is 0 Å². The van der Waals surface area contributed by atoms with Gasteiger partial charge in [0.15, 0.2) is 0 Å². The minimum absolute atomic E-state index is 0.0826. The molecule has 2 heteroatoms. The molecule has 0 bridgehead atoms. The zero-order chi connectivity index (χ0) is 15.5. The van der Waals surface area contributed by atoms with Gasteiger partial charge in [-0.1, -0.05) is 19.9 Å². The highest BCUT2D eigenvalue weighted by Gasteiger charge is 2.59. The maximum absolute atomic E-state index is 11.3. The van der Waals surface area contributed by atoms with Crippen LogP contribution in [-0.4, -0.2) is 17.5 Å². The van der Waals surface area contributed by atoms with E-state index in [0.717, 1.165) is 48.9 Å². The van der Waals surface area contributed by atoms with E-state index in [0.29, 0.717) is 11.3 Å². The molecule has 0 unspecified atom stereocenters. The van der Waals surface area contributed by atoms with E-state index in [-0.39, 0.29) is 11.5 Å². The molecule has 122 valence electrons. The maximum atomic E-state index is 11.3. The zero-order valence-electron chi connectivity index (χ0n) is 14.1. The lowest BCUT2D eigenvalue weighted by Gasteiger charge is -2.59. The van der Waals surface area contributed by atoms with Crippen molar-refractivity contribution in [3.63, 3.8) is 0 Å². The maximum Gasteiger partial charge on any atom is 0.145 e. The third kappa shape index (κ3) is 1.85. The van der Waals surface area contributed by atoms with Gasteiger partial charge in [0.25, 0.3) is 0 Å². The Kier molecular flexibility index (Phi) is 3.35. The van der Waals surface area contributed by atoms with Crippen molar-refractivity contribution in [1.29, 1.82) is 0 Å². The number of aliphatic hydroxyl groups is 1. The van der Waals surface area contributed by atoms with E-state index < -0.39 is 0 Å². The molecule has 2 nitrogen and oxygen atoms in total. The molecule has 3 saturated carbocycles. The van der Waals surface area contributed by atoms with Crippen LogP contribution in [0.15, 0.2) is 11.6 Å². The molecule has 0 aromatic rings. The van der Waals surface area contributed by atoms with E-state index in [1.54, 1.807) is 0 Å². The van der Waals surface area contributed by atoms with E-state index in [2.05, 4.69) is 19.9 Å². The molecule has 4 rings (SSSR count). The molecule has 1 N–H and O–H groups in total. The van der Waals surface area contributed by atoms with E-state index in [4.69, 9.17) is 0 Å². The molecule has 0 aliphatic heterocycles. The van der Waals surface area contributed by atoms with Gasteiger partial charge in [0.1, 0.15) is 6.29 Å². The number of aldehydes is 1. The fraction of sp³-hybridized carbons (Fsp3) is 0.850. The van der Waals surface area contributed by atoms with Crippen molar-refractivity contribution in [1.82, 2.24) is 0 Å². The third-order valence-electron chi connectivity index (χ3n) is 8.42. The molecule has 0 radical (unpaired) electrons. The predicted molar refractivity (Wildman–Crippen MR) is 87.3 cm³/mol. The van der Waals surface area contributed by atoms with Crippen molar-refractivity contribution >= 4 is 6.29 Å². The highest BCUT2D eigenvalue weighted by molar-refractivity contribution is 5.73. The first kappa shape index (κ1) is 14.9. The van der Waals surface area contributed by atoms with Crippen LogP contribution in [0.25, 0.3) is 0 Å². The topological polar surface area (TPSA) is 37.3 Å². The van der Waals surface area contributed by atoms with Gasteiger partial charge in [0, 0.05) is 0 Å². The van der Waals surface area contributed by atoms with Gasteiger partial charge in [-0.15, -0.1) is 0 Å². The number of carbonyl (C=O) groups excluding carboxylic acids is 1. The third-order valence-corrected chi connectivity index (χ3v) is 8.42. The summed E-state index contributed by atoms with van der Waals surface area (Å²) in [4.78, 5) is 11.3. The standard InChI is InChI=1S/C20H30O2/c1-19-10-9-17-15(16(19)7-8-18(19)22)6-5-14-4-3-13(12-21)11-20(14,17)2/h3,12,14-18,22H,4-11H2,1-2H3/t14-,15+,16+,17+,18-,19+,20+/m1/s1. The summed E-state index contributed by atoms with van der Waals surface area (Å²) >= 11 is 0. The Labute approximate surface area is 134 Å².